The van der Waals surface area contributed by atoms with E-state index in [4.69, 9.17) is 5.11 Å². The molecule has 0 spiro atoms. The quantitative estimate of drug-likeness (QED) is 0.659. The Morgan fingerprint density at radius 2 is 1.95 bits per heavy atom. The van der Waals surface area contributed by atoms with Gasteiger partial charge in [-0.15, -0.1) is 0 Å². The van der Waals surface area contributed by atoms with Gasteiger partial charge in [0.1, 0.15) is 0 Å². The molecule has 0 aromatic heterocycles. The van der Waals surface area contributed by atoms with Gasteiger partial charge >= 0.3 is 0 Å². The van der Waals surface area contributed by atoms with Crippen LogP contribution >= 0.6 is 0 Å². The average Bonchev–Trinajstić information content (AvgIpc) is 2.41. The maximum absolute atomic E-state index is 12.0. The van der Waals surface area contributed by atoms with Crippen molar-refractivity contribution in [1.29, 1.82) is 0 Å². The van der Waals surface area contributed by atoms with Gasteiger partial charge in [0.05, 0.1) is 12.3 Å². The van der Waals surface area contributed by atoms with E-state index >= 15 is 0 Å². The summed E-state index contributed by atoms with van der Waals surface area (Å²) in [4.78, 5) is 25.3. The molecular formula is C16H17NO3. The number of hydrogen-bond acceptors (Lipinski definition) is 3. The zero-order valence-electron chi connectivity index (χ0n) is 11.5. The number of nitrogens with zero attached hydrogens (tertiary/aromatic N) is 1. The number of amides is 2. The molecule has 0 aliphatic carbocycles. The van der Waals surface area contributed by atoms with Crippen molar-refractivity contribution in [1.82, 2.24) is 0 Å². The lowest BCUT2D eigenvalue weighted by Gasteiger charge is -2.26. The molecule has 2 rings (SSSR count). The van der Waals surface area contributed by atoms with E-state index in [2.05, 4.69) is 11.8 Å². The minimum atomic E-state index is -0.169. The Bertz CT molecular complexity index is 579. The maximum atomic E-state index is 12.0. The van der Waals surface area contributed by atoms with Crippen molar-refractivity contribution >= 4 is 17.5 Å². The molecule has 2 amide bonds. The normalized spacial score (nSPS) is 15.0. The zero-order valence-corrected chi connectivity index (χ0v) is 11.5. The number of aliphatic hydroxyl groups excluding tert-OH is 1. The van der Waals surface area contributed by atoms with Crippen LogP contribution in [0.3, 0.4) is 0 Å². The Morgan fingerprint density at radius 1 is 1.25 bits per heavy atom. The Kier molecular flexibility index (Phi) is 4.54. The monoisotopic (exact) mass is 271 g/mol. The van der Waals surface area contributed by atoms with Crippen LogP contribution in [0.4, 0.5) is 5.69 Å². The van der Waals surface area contributed by atoms with Gasteiger partial charge in [0.25, 0.3) is 0 Å². The highest BCUT2D eigenvalue weighted by molar-refractivity contribution is 6.17. The largest absolute Gasteiger partial charge is 0.395 e. The van der Waals surface area contributed by atoms with Crippen molar-refractivity contribution < 1.29 is 14.7 Å². The van der Waals surface area contributed by atoms with Crippen molar-refractivity contribution in [2.75, 3.05) is 11.5 Å². The number of aryl methyl sites for hydroxylation is 1. The van der Waals surface area contributed by atoms with E-state index in [0.29, 0.717) is 36.9 Å². The number of hydrogen-bond donors (Lipinski definition) is 1. The molecule has 1 heterocycles. The van der Waals surface area contributed by atoms with Crippen LogP contribution < -0.4 is 4.90 Å². The first-order chi connectivity index (χ1) is 9.63. The Balaban J connectivity index is 2.43. The molecule has 1 aliphatic rings. The summed E-state index contributed by atoms with van der Waals surface area (Å²) in [6.45, 7) is 1.91. The van der Waals surface area contributed by atoms with Crippen LogP contribution in [-0.2, 0) is 9.59 Å². The summed E-state index contributed by atoms with van der Waals surface area (Å²) in [7, 11) is 0. The van der Waals surface area contributed by atoms with Gasteiger partial charge in [0.2, 0.25) is 11.8 Å². The predicted molar refractivity (Wildman–Crippen MR) is 76.1 cm³/mol. The topological polar surface area (TPSA) is 57.6 Å². The van der Waals surface area contributed by atoms with Gasteiger partial charge < -0.3 is 5.11 Å². The highest BCUT2D eigenvalue weighted by Crippen LogP contribution is 2.26. The van der Waals surface area contributed by atoms with Crippen LogP contribution in [0.5, 0.6) is 0 Å². The number of benzene rings is 1. The van der Waals surface area contributed by atoms with Crippen LogP contribution in [0.1, 0.15) is 36.8 Å². The number of carbonyl (C=O) groups is 2. The second kappa shape index (κ2) is 6.36. The smallest absolute Gasteiger partial charge is 0.233 e. The number of piperidine rings is 1. The van der Waals surface area contributed by atoms with Crippen LogP contribution in [0.15, 0.2) is 18.2 Å². The van der Waals surface area contributed by atoms with Crippen molar-refractivity contribution in [2.45, 2.75) is 32.6 Å². The first-order valence-electron chi connectivity index (χ1n) is 6.69. The Hall–Kier alpha value is -2.12. The van der Waals surface area contributed by atoms with Crippen LogP contribution in [0, 0.1) is 18.8 Å². The van der Waals surface area contributed by atoms with Gasteiger partial charge in [-0.25, -0.2) is 4.90 Å². The van der Waals surface area contributed by atoms with Crippen molar-refractivity contribution in [3.8, 4) is 11.8 Å². The summed E-state index contributed by atoms with van der Waals surface area (Å²) in [5, 5.41) is 8.77. The molecular weight excluding hydrogens is 254 g/mol. The number of carbonyl (C=O) groups excluding carboxylic acids is 2. The highest BCUT2D eigenvalue weighted by Gasteiger charge is 2.28. The molecule has 0 unspecified atom stereocenters. The summed E-state index contributed by atoms with van der Waals surface area (Å²) < 4.78 is 0. The van der Waals surface area contributed by atoms with Crippen LogP contribution in [-0.4, -0.2) is 23.5 Å². The molecule has 4 nitrogen and oxygen atoms in total. The molecule has 1 aromatic carbocycles. The van der Waals surface area contributed by atoms with E-state index in [1.807, 2.05) is 25.1 Å². The van der Waals surface area contributed by atoms with E-state index in [-0.39, 0.29) is 18.4 Å². The molecule has 1 saturated heterocycles. The molecule has 1 fully saturated rings. The van der Waals surface area contributed by atoms with E-state index in [1.165, 1.54) is 4.90 Å². The lowest BCUT2D eigenvalue weighted by molar-refractivity contribution is -0.129. The molecule has 104 valence electrons. The first kappa shape index (κ1) is 14.3. The third-order valence-electron chi connectivity index (χ3n) is 3.13. The van der Waals surface area contributed by atoms with Gasteiger partial charge in [-0.2, -0.15) is 0 Å². The lowest BCUT2D eigenvalue weighted by Crippen LogP contribution is -2.40. The second-order valence-corrected chi connectivity index (χ2v) is 4.77. The van der Waals surface area contributed by atoms with Crippen molar-refractivity contribution in [2.24, 2.45) is 0 Å². The SMILES string of the molecule is Cc1ccc(C#CCCO)c(N2C(=O)CCCC2=O)c1. The number of imide groups is 1. The molecule has 0 bridgehead atoms. The van der Waals surface area contributed by atoms with Gasteiger partial charge in [0, 0.05) is 24.8 Å². The molecule has 0 saturated carbocycles. The van der Waals surface area contributed by atoms with Gasteiger partial charge in [0.15, 0.2) is 0 Å². The standard InChI is InChI=1S/C16H17NO3/c1-12-8-9-13(5-2-3-10-18)14(11-12)17-15(19)6-4-7-16(17)20/h8-9,11,18H,3-4,6-7,10H2,1H3. The number of anilines is 1. The molecule has 1 aromatic rings. The number of rotatable bonds is 2. The predicted octanol–water partition coefficient (Wildman–Crippen LogP) is 1.77. The fraction of sp³-hybridized carbons (Fsp3) is 0.375. The number of aliphatic hydroxyl groups is 1. The summed E-state index contributed by atoms with van der Waals surface area (Å²) in [5.41, 5.74) is 2.18. The molecule has 0 radical (unpaired) electrons. The van der Waals surface area contributed by atoms with Crippen LogP contribution in [0.2, 0.25) is 0 Å². The summed E-state index contributed by atoms with van der Waals surface area (Å²) in [6.07, 6.45) is 1.77. The Morgan fingerprint density at radius 3 is 2.60 bits per heavy atom. The first-order valence-corrected chi connectivity index (χ1v) is 6.69. The van der Waals surface area contributed by atoms with E-state index in [9.17, 15) is 9.59 Å². The lowest BCUT2D eigenvalue weighted by atomic mass is 10.0. The van der Waals surface area contributed by atoms with E-state index in [1.54, 1.807) is 0 Å². The minimum Gasteiger partial charge on any atom is -0.395 e. The minimum absolute atomic E-state index is 0.00420. The van der Waals surface area contributed by atoms with Crippen LogP contribution in [0.25, 0.3) is 0 Å². The van der Waals surface area contributed by atoms with E-state index in [0.717, 1.165) is 5.56 Å². The molecule has 4 heteroatoms. The maximum Gasteiger partial charge on any atom is 0.233 e. The molecule has 20 heavy (non-hydrogen) atoms. The van der Waals surface area contributed by atoms with E-state index < -0.39 is 0 Å². The Labute approximate surface area is 118 Å². The van der Waals surface area contributed by atoms with Gasteiger partial charge in [-0.3, -0.25) is 9.59 Å². The third-order valence-corrected chi connectivity index (χ3v) is 3.13. The fourth-order valence-electron chi connectivity index (χ4n) is 2.17. The molecule has 1 aliphatic heterocycles. The third kappa shape index (κ3) is 3.06. The van der Waals surface area contributed by atoms with Crippen molar-refractivity contribution in [3.63, 3.8) is 0 Å². The zero-order chi connectivity index (χ0) is 14.5. The summed E-state index contributed by atoms with van der Waals surface area (Å²) in [5.74, 6) is 5.42. The summed E-state index contributed by atoms with van der Waals surface area (Å²) >= 11 is 0. The average molecular weight is 271 g/mol. The van der Waals surface area contributed by atoms with Gasteiger partial charge in [-0.1, -0.05) is 17.9 Å². The summed E-state index contributed by atoms with van der Waals surface area (Å²) in [6, 6.07) is 5.51. The fourth-order valence-corrected chi connectivity index (χ4v) is 2.17. The van der Waals surface area contributed by atoms with Crippen molar-refractivity contribution in [3.05, 3.63) is 29.3 Å². The molecule has 0 atom stereocenters. The molecule has 1 N–H and O–H groups in total. The second-order valence-electron chi connectivity index (χ2n) is 4.77. The highest BCUT2D eigenvalue weighted by atomic mass is 16.2. The van der Waals surface area contributed by atoms with Gasteiger partial charge in [-0.05, 0) is 31.0 Å².